The number of nitrogens with one attached hydrogen (secondary N) is 1. The average Bonchev–Trinajstić information content (AvgIpc) is 2.47. The fourth-order valence-electron chi connectivity index (χ4n) is 2.20. The summed E-state index contributed by atoms with van der Waals surface area (Å²) in [5.74, 6) is 0.0945. The van der Waals surface area contributed by atoms with Gasteiger partial charge in [0.05, 0.1) is 6.61 Å². The number of ether oxygens (including phenoxy) is 2. The van der Waals surface area contributed by atoms with Crippen molar-refractivity contribution in [1.29, 1.82) is 0 Å². The molecule has 0 unspecified atom stereocenters. The van der Waals surface area contributed by atoms with E-state index in [1.807, 2.05) is 6.07 Å². The van der Waals surface area contributed by atoms with Gasteiger partial charge in [-0.15, -0.1) is 0 Å². The molecule has 1 aromatic carbocycles. The topological polar surface area (TPSA) is 108 Å². The Balaban J connectivity index is 2.18. The Bertz CT molecular complexity index is 468. The molecule has 0 bridgehead atoms. The van der Waals surface area contributed by atoms with Gasteiger partial charge in [-0.25, -0.2) is 0 Å². The lowest BCUT2D eigenvalue weighted by atomic mass is 9.97. The lowest BCUT2D eigenvalue weighted by molar-refractivity contribution is -0.244. The maximum absolute atomic E-state index is 11.2. The lowest BCUT2D eigenvalue weighted by Crippen LogP contribution is -2.65. The molecule has 0 radical (unpaired) electrons. The second kappa shape index (κ2) is 6.86. The predicted molar refractivity (Wildman–Crippen MR) is 72.4 cm³/mol. The summed E-state index contributed by atoms with van der Waals surface area (Å²) in [7, 11) is 0. The number of amides is 1. The monoisotopic (exact) mass is 297 g/mol. The first-order valence-electron chi connectivity index (χ1n) is 6.64. The Hall–Kier alpha value is -1.67. The molecule has 4 N–H and O–H groups in total. The Morgan fingerprint density at radius 2 is 1.95 bits per heavy atom. The largest absolute Gasteiger partial charge is 0.463 e. The molecule has 5 atom stereocenters. The van der Waals surface area contributed by atoms with Crippen molar-refractivity contribution in [2.75, 3.05) is 6.61 Å². The van der Waals surface area contributed by atoms with E-state index in [0.29, 0.717) is 5.75 Å². The zero-order valence-electron chi connectivity index (χ0n) is 11.5. The van der Waals surface area contributed by atoms with E-state index >= 15 is 0 Å². The normalized spacial score (nSPS) is 32.5. The van der Waals surface area contributed by atoms with Gasteiger partial charge in [0.15, 0.2) is 0 Å². The van der Waals surface area contributed by atoms with Gasteiger partial charge in [-0.1, -0.05) is 18.2 Å². The summed E-state index contributed by atoms with van der Waals surface area (Å²) in [6.07, 6.45) is -4.64. The Morgan fingerprint density at radius 1 is 1.29 bits per heavy atom. The summed E-state index contributed by atoms with van der Waals surface area (Å²) in [6.45, 7) is 0.816. The van der Waals surface area contributed by atoms with Gasteiger partial charge in [0.25, 0.3) is 0 Å². The van der Waals surface area contributed by atoms with E-state index in [0.717, 1.165) is 0 Å². The lowest BCUT2D eigenvalue weighted by Gasteiger charge is -2.42. The molecule has 0 aromatic heterocycles. The highest BCUT2D eigenvalue weighted by atomic mass is 16.7. The molecular weight excluding hydrogens is 278 g/mol. The predicted octanol–water partition coefficient (Wildman–Crippen LogP) is -0.991. The van der Waals surface area contributed by atoms with Crippen LogP contribution < -0.4 is 10.1 Å². The van der Waals surface area contributed by atoms with Crippen LogP contribution in [0.5, 0.6) is 5.75 Å². The summed E-state index contributed by atoms with van der Waals surface area (Å²) in [5.41, 5.74) is 0. The second-order valence-corrected chi connectivity index (χ2v) is 4.86. The Morgan fingerprint density at radius 3 is 2.52 bits per heavy atom. The number of aliphatic hydroxyl groups excluding tert-OH is 3. The number of carbonyl (C=O) groups is 1. The summed E-state index contributed by atoms with van der Waals surface area (Å²) < 4.78 is 11.0. The first-order chi connectivity index (χ1) is 10.0. The summed E-state index contributed by atoms with van der Waals surface area (Å²) in [5, 5.41) is 31.7. The van der Waals surface area contributed by atoms with Crippen molar-refractivity contribution in [1.82, 2.24) is 5.32 Å². The van der Waals surface area contributed by atoms with Crippen LogP contribution in [0.15, 0.2) is 30.3 Å². The summed E-state index contributed by atoms with van der Waals surface area (Å²) in [4.78, 5) is 11.2. The third-order valence-corrected chi connectivity index (χ3v) is 3.25. The van der Waals surface area contributed by atoms with Gasteiger partial charge in [-0.3, -0.25) is 4.79 Å². The molecule has 7 nitrogen and oxygen atoms in total. The van der Waals surface area contributed by atoms with Crippen LogP contribution in [-0.4, -0.2) is 58.5 Å². The third kappa shape index (κ3) is 3.70. The standard InChI is InChI=1S/C14H19NO6/c1-8(17)15-11-13(19)12(18)10(7-16)21-14(11)20-9-5-3-2-4-6-9/h2-6,10-14,16,18-19H,7H2,1H3,(H,15,17)/t10-,11-,12-,13-,14+/m1/s1. The molecule has 1 heterocycles. The van der Waals surface area contributed by atoms with E-state index in [-0.39, 0.29) is 5.91 Å². The van der Waals surface area contributed by atoms with Gasteiger partial charge in [0.1, 0.15) is 30.1 Å². The van der Waals surface area contributed by atoms with Gasteiger partial charge < -0.3 is 30.1 Å². The van der Waals surface area contributed by atoms with E-state index in [9.17, 15) is 20.1 Å². The smallest absolute Gasteiger partial charge is 0.223 e. The van der Waals surface area contributed by atoms with Crippen LogP contribution in [0, 0.1) is 0 Å². The Labute approximate surface area is 122 Å². The SMILES string of the molecule is CC(=O)N[C@H]1[C@@H](Oc2ccccc2)O[C@H](CO)[C@@H](O)[C@@H]1O. The van der Waals surface area contributed by atoms with Gasteiger partial charge in [0.2, 0.25) is 12.2 Å². The number of benzene rings is 1. The van der Waals surface area contributed by atoms with E-state index in [2.05, 4.69) is 5.32 Å². The van der Waals surface area contributed by atoms with Gasteiger partial charge >= 0.3 is 0 Å². The molecule has 0 saturated carbocycles. The molecular formula is C14H19NO6. The van der Waals surface area contributed by atoms with Crippen LogP contribution in [0.4, 0.5) is 0 Å². The molecule has 116 valence electrons. The molecule has 0 aliphatic carbocycles. The van der Waals surface area contributed by atoms with Crippen LogP contribution in [0.3, 0.4) is 0 Å². The number of carbonyl (C=O) groups excluding carboxylic acids is 1. The van der Waals surface area contributed by atoms with E-state index in [4.69, 9.17) is 9.47 Å². The van der Waals surface area contributed by atoms with Crippen molar-refractivity contribution in [2.24, 2.45) is 0 Å². The van der Waals surface area contributed by atoms with E-state index < -0.39 is 37.3 Å². The first kappa shape index (κ1) is 15.7. The molecule has 7 heteroatoms. The highest BCUT2D eigenvalue weighted by Crippen LogP contribution is 2.24. The molecule has 1 fully saturated rings. The number of para-hydroxylation sites is 1. The van der Waals surface area contributed by atoms with Crippen molar-refractivity contribution in [2.45, 2.75) is 37.6 Å². The molecule has 1 amide bonds. The van der Waals surface area contributed by atoms with Crippen LogP contribution >= 0.6 is 0 Å². The third-order valence-electron chi connectivity index (χ3n) is 3.25. The highest BCUT2D eigenvalue weighted by molar-refractivity contribution is 5.73. The highest BCUT2D eigenvalue weighted by Gasteiger charge is 2.45. The van der Waals surface area contributed by atoms with Crippen LogP contribution in [-0.2, 0) is 9.53 Å². The molecule has 2 rings (SSSR count). The minimum Gasteiger partial charge on any atom is -0.463 e. The molecule has 0 spiro atoms. The van der Waals surface area contributed by atoms with E-state index in [1.165, 1.54) is 6.92 Å². The zero-order chi connectivity index (χ0) is 15.4. The summed E-state index contributed by atoms with van der Waals surface area (Å²) in [6, 6.07) is 7.79. The molecule has 1 aliphatic rings. The van der Waals surface area contributed by atoms with Gasteiger partial charge in [-0.05, 0) is 12.1 Å². The quantitative estimate of drug-likeness (QED) is 0.568. The second-order valence-electron chi connectivity index (χ2n) is 4.86. The van der Waals surface area contributed by atoms with Crippen molar-refractivity contribution < 1.29 is 29.6 Å². The fraction of sp³-hybridized carbons (Fsp3) is 0.500. The van der Waals surface area contributed by atoms with E-state index in [1.54, 1.807) is 24.3 Å². The van der Waals surface area contributed by atoms with Gasteiger partial charge in [-0.2, -0.15) is 0 Å². The minimum atomic E-state index is -1.32. The fourth-order valence-corrected chi connectivity index (χ4v) is 2.20. The molecule has 21 heavy (non-hydrogen) atoms. The number of hydrogen-bond acceptors (Lipinski definition) is 6. The average molecular weight is 297 g/mol. The molecule has 1 saturated heterocycles. The number of aliphatic hydroxyl groups is 3. The maximum Gasteiger partial charge on any atom is 0.223 e. The number of rotatable bonds is 4. The summed E-state index contributed by atoms with van der Waals surface area (Å²) >= 11 is 0. The van der Waals surface area contributed by atoms with Crippen LogP contribution in [0.2, 0.25) is 0 Å². The molecule has 1 aliphatic heterocycles. The van der Waals surface area contributed by atoms with Crippen molar-refractivity contribution in [3.63, 3.8) is 0 Å². The zero-order valence-corrected chi connectivity index (χ0v) is 11.5. The van der Waals surface area contributed by atoms with Crippen molar-refractivity contribution in [3.05, 3.63) is 30.3 Å². The van der Waals surface area contributed by atoms with Crippen molar-refractivity contribution in [3.8, 4) is 5.75 Å². The van der Waals surface area contributed by atoms with Crippen LogP contribution in [0.1, 0.15) is 6.92 Å². The number of hydrogen-bond donors (Lipinski definition) is 4. The van der Waals surface area contributed by atoms with Crippen molar-refractivity contribution >= 4 is 5.91 Å². The first-order valence-corrected chi connectivity index (χ1v) is 6.64. The minimum absolute atomic E-state index is 0.390. The van der Waals surface area contributed by atoms with Crippen LogP contribution in [0.25, 0.3) is 0 Å². The molecule has 1 aromatic rings. The Kier molecular flexibility index (Phi) is 5.13. The maximum atomic E-state index is 11.2. The van der Waals surface area contributed by atoms with Gasteiger partial charge in [0, 0.05) is 6.92 Å².